The Morgan fingerprint density at radius 1 is 1.09 bits per heavy atom. The quantitative estimate of drug-likeness (QED) is 0.471. The smallest absolute Gasteiger partial charge is 0.270 e. The first kappa shape index (κ1) is 14.4. The molecule has 112 valence electrons. The van der Waals surface area contributed by atoms with E-state index in [0.717, 1.165) is 5.69 Å². The predicted molar refractivity (Wildman–Crippen MR) is 85.6 cm³/mol. The fourth-order valence-corrected chi connectivity index (χ4v) is 3.01. The third-order valence-corrected chi connectivity index (χ3v) is 4.14. The summed E-state index contributed by atoms with van der Waals surface area (Å²) >= 11 is 0. The molecule has 1 aromatic heterocycles. The first-order valence-corrected chi connectivity index (χ1v) is 7.67. The molecule has 0 atom stereocenters. The lowest BCUT2D eigenvalue weighted by molar-refractivity contribution is -0.384. The number of hydrogen-bond acceptors (Lipinski definition) is 2. The summed E-state index contributed by atoms with van der Waals surface area (Å²) in [5, 5.41) is 10.8. The van der Waals surface area contributed by atoms with E-state index in [0.29, 0.717) is 11.6 Å². The molecule has 1 aromatic carbocycles. The van der Waals surface area contributed by atoms with E-state index in [1.165, 1.54) is 44.2 Å². The van der Waals surface area contributed by atoms with E-state index in [-0.39, 0.29) is 5.69 Å². The van der Waals surface area contributed by atoms with Crippen LogP contribution in [0.25, 0.3) is 0 Å². The van der Waals surface area contributed by atoms with Crippen molar-refractivity contribution in [2.45, 2.75) is 38.1 Å². The fraction of sp³-hybridized carbons (Fsp3) is 0.333. The van der Waals surface area contributed by atoms with Crippen molar-refractivity contribution >= 4 is 5.69 Å². The number of non-ortho nitro benzene ring substituents is 1. The van der Waals surface area contributed by atoms with Crippen LogP contribution >= 0.6 is 0 Å². The molecule has 2 aromatic rings. The van der Waals surface area contributed by atoms with Gasteiger partial charge in [0.15, 0.2) is 0 Å². The Hall–Kier alpha value is -2.54. The van der Waals surface area contributed by atoms with E-state index in [2.05, 4.69) is 22.6 Å². The van der Waals surface area contributed by atoms with Gasteiger partial charge in [-0.2, -0.15) is 0 Å². The molecule has 1 fully saturated rings. The van der Waals surface area contributed by atoms with Crippen molar-refractivity contribution < 1.29 is 4.92 Å². The van der Waals surface area contributed by atoms with Crippen LogP contribution in [0, 0.1) is 22.0 Å². The minimum Gasteiger partial charge on any atom is -0.338 e. The number of aromatic nitrogens is 1. The SMILES string of the molecule is O=[N+]([O-])c1cccc(C#Cc2cccn2C2CCCCC2)c1. The maximum atomic E-state index is 10.8. The summed E-state index contributed by atoms with van der Waals surface area (Å²) in [6, 6.07) is 11.0. The lowest BCUT2D eigenvalue weighted by Crippen LogP contribution is -2.13. The number of nitrogens with zero attached hydrogens (tertiary/aromatic N) is 2. The van der Waals surface area contributed by atoms with Crippen molar-refractivity contribution in [1.29, 1.82) is 0 Å². The molecular formula is C18H18N2O2. The number of nitro benzene ring substituents is 1. The fourth-order valence-electron chi connectivity index (χ4n) is 3.01. The number of nitro groups is 1. The minimum atomic E-state index is -0.393. The summed E-state index contributed by atoms with van der Waals surface area (Å²) in [5.41, 5.74) is 1.73. The topological polar surface area (TPSA) is 48.1 Å². The summed E-state index contributed by atoms with van der Waals surface area (Å²) < 4.78 is 2.25. The maximum Gasteiger partial charge on any atom is 0.270 e. The first-order chi connectivity index (χ1) is 10.7. The van der Waals surface area contributed by atoms with Gasteiger partial charge in [0.2, 0.25) is 0 Å². The molecule has 1 aliphatic rings. The number of hydrogen-bond donors (Lipinski definition) is 0. The second-order valence-corrected chi connectivity index (χ2v) is 5.65. The van der Waals surface area contributed by atoms with Crippen molar-refractivity contribution in [2.24, 2.45) is 0 Å². The van der Waals surface area contributed by atoms with Crippen molar-refractivity contribution in [2.75, 3.05) is 0 Å². The van der Waals surface area contributed by atoms with Gasteiger partial charge >= 0.3 is 0 Å². The van der Waals surface area contributed by atoms with Gasteiger partial charge in [0.05, 0.1) is 10.6 Å². The van der Waals surface area contributed by atoms with E-state index in [4.69, 9.17) is 0 Å². The van der Waals surface area contributed by atoms with Gasteiger partial charge in [0, 0.05) is 29.9 Å². The second-order valence-electron chi connectivity index (χ2n) is 5.65. The van der Waals surface area contributed by atoms with Crippen LogP contribution in [0.1, 0.15) is 49.4 Å². The Kier molecular flexibility index (Phi) is 4.24. The summed E-state index contributed by atoms with van der Waals surface area (Å²) in [7, 11) is 0. The third-order valence-electron chi connectivity index (χ3n) is 4.14. The molecule has 0 spiro atoms. The normalized spacial score (nSPS) is 15.1. The molecule has 0 unspecified atom stereocenters. The zero-order chi connectivity index (χ0) is 15.4. The minimum absolute atomic E-state index is 0.0782. The standard InChI is InChI=1S/C18H18N2O2/c21-20(22)18-9-4-6-15(14-18)11-12-17-10-5-13-19(17)16-7-2-1-3-8-16/h4-6,9-10,13-14,16H,1-3,7-8H2. The highest BCUT2D eigenvalue weighted by Gasteiger charge is 2.16. The van der Waals surface area contributed by atoms with Gasteiger partial charge in [-0.05, 0) is 37.0 Å². The molecule has 22 heavy (non-hydrogen) atoms. The van der Waals surface area contributed by atoms with Crippen LogP contribution in [0.4, 0.5) is 5.69 Å². The van der Waals surface area contributed by atoms with Gasteiger partial charge in [0.25, 0.3) is 5.69 Å². The molecule has 0 aliphatic heterocycles. The van der Waals surface area contributed by atoms with Gasteiger partial charge in [-0.25, -0.2) is 0 Å². The number of benzene rings is 1. The average molecular weight is 294 g/mol. The molecule has 3 rings (SSSR count). The van der Waals surface area contributed by atoms with Crippen LogP contribution in [0.2, 0.25) is 0 Å². The zero-order valence-corrected chi connectivity index (χ0v) is 12.4. The second kappa shape index (κ2) is 6.48. The summed E-state index contributed by atoms with van der Waals surface area (Å²) in [6.07, 6.45) is 8.39. The van der Waals surface area contributed by atoms with Crippen LogP contribution in [0.3, 0.4) is 0 Å². The lowest BCUT2D eigenvalue weighted by atomic mass is 9.95. The van der Waals surface area contributed by atoms with E-state index < -0.39 is 4.92 Å². The van der Waals surface area contributed by atoms with Crippen molar-refractivity contribution in [3.8, 4) is 11.8 Å². The van der Waals surface area contributed by atoms with E-state index >= 15 is 0 Å². The first-order valence-electron chi connectivity index (χ1n) is 7.67. The lowest BCUT2D eigenvalue weighted by Gasteiger charge is -2.24. The average Bonchev–Trinajstić information content (AvgIpc) is 3.02. The van der Waals surface area contributed by atoms with Gasteiger partial charge < -0.3 is 4.57 Å². The largest absolute Gasteiger partial charge is 0.338 e. The number of rotatable bonds is 2. The summed E-state index contributed by atoms with van der Waals surface area (Å²) in [6.45, 7) is 0. The van der Waals surface area contributed by atoms with E-state index in [9.17, 15) is 10.1 Å². The van der Waals surface area contributed by atoms with E-state index in [1.807, 2.05) is 12.1 Å². The molecule has 1 heterocycles. The van der Waals surface area contributed by atoms with Crippen LogP contribution in [0.5, 0.6) is 0 Å². The van der Waals surface area contributed by atoms with E-state index in [1.54, 1.807) is 12.1 Å². The Labute approximate surface area is 129 Å². The van der Waals surface area contributed by atoms with Crippen molar-refractivity contribution in [3.05, 3.63) is 64.0 Å². The molecule has 0 N–H and O–H groups in total. The highest BCUT2D eigenvalue weighted by molar-refractivity contribution is 5.46. The summed E-state index contributed by atoms with van der Waals surface area (Å²) in [5.74, 6) is 6.21. The van der Waals surface area contributed by atoms with Crippen LogP contribution in [-0.4, -0.2) is 9.49 Å². The van der Waals surface area contributed by atoms with Crippen molar-refractivity contribution in [3.63, 3.8) is 0 Å². The molecule has 4 nitrogen and oxygen atoms in total. The molecule has 1 aliphatic carbocycles. The van der Waals surface area contributed by atoms with Crippen LogP contribution in [0.15, 0.2) is 42.6 Å². The Bertz CT molecular complexity index is 731. The Balaban J connectivity index is 1.84. The molecule has 0 radical (unpaired) electrons. The molecule has 0 amide bonds. The highest BCUT2D eigenvalue weighted by atomic mass is 16.6. The van der Waals surface area contributed by atoms with Crippen LogP contribution < -0.4 is 0 Å². The molecule has 0 saturated heterocycles. The van der Waals surface area contributed by atoms with Gasteiger partial charge in [-0.3, -0.25) is 10.1 Å². The van der Waals surface area contributed by atoms with Gasteiger partial charge in [-0.15, -0.1) is 0 Å². The predicted octanol–water partition coefficient (Wildman–Crippen LogP) is 4.30. The van der Waals surface area contributed by atoms with Crippen LogP contribution in [-0.2, 0) is 0 Å². The third kappa shape index (κ3) is 3.20. The molecule has 0 bridgehead atoms. The zero-order valence-electron chi connectivity index (χ0n) is 12.4. The Morgan fingerprint density at radius 3 is 2.68 bits per heavy atom. The monoisotopic (exact) mass is 294 g/mol. The molecule has 1 saturated carbocycles. The maximum absolute atomic E-state index is 10.8. The Morgan fingerprint density at radius 2 is 1.91 bits per heavy atom. The molecule has 4 heteroatoms. The molecular weight excluding hydrogens is 276 g/mol. The van der Waals surface area contributed by atoms with Crippen molar-refractivity contribution in [1.82, 2.24) is 4.57 Å². The summed E-state index contributed by atoms with van der Waals surface area (Å²) in [4.78, 5) is 10.4. The van der Waals surface area contributed by atoms with Gasteiger partial charge in [-0.1, -0.05) is 31.2 Å². The highest BCUT2D eigenvalue weighted by Crippen LogP contribution is 2.29. The van der Waals surface area contributed by atoms with Gasteiger partial charge in [0.1, 0.15) is 0 Å².